The topological polar surface area (TPSA) is 76.2 Å². The lowest BCUT2D eigenvalue weighted by molar-refractivity contribution is 0.0927. The Bertz CT molecular complexity index is 981. The molecule has 7 heteroatoms. The molecule has 28 heavy (non-hydrogen) atoms. The Kier molecular flexibility index (Phi) is 4.66. The fourth-order valence-corrected chi connectivity index (χ4v) is 3.86. The van der Waals surface area contributed by atoms with Gasteiger partial charge in [-0.15, -0.1) is 0 Å². The van der Waals surface area contributed by atoms with Crippen molar-refractivity contribution in [2.45, 2.75) is 39.3 Å². The summed E-state index contributed by atoms with van der Waals surface area (Å²) in [5, 5.41) is 7.07. The number of aryl methyl sites for hydroxylation is 3. The summed E-state index contributed by atoms with van der Waals surface area (Å²) in [6.07, 6.45) is 3.75. The minimum absolute atomic E-state index is 0.0963. The van der Waals surface area contributed by atoms with E-state index in [-0.39, 0.29) is 11.9 Å². The van der Waals surface area contributed by atoms with Gasteiger partial charge in [-0.25, -0.2) is 4.98 Å². The van der Waals surface area contributed by atoms with Gasteiger partial charge in [0, 0.05) is 31.9 Å². The first kappa shape index (κ1) is 18.3. The van der Waals surface area contributed by atoms with Crippen LogP contribution in [0.4, 0.5) is 5.69 Å². The van der Waals surface area contributed by atoms with Crippen molar-refractivity contribution in [1.29, 1.82) is 0 Å². The van der Waals surface area contributed by atoms with Gasteiger partial charge in [-0.3, -0.25) is 4.79 Å². The zero-order valence-corrected chi connectivity index (χ0v) is 16.7. The predicted molar refractivity (Wildman–Crippen MR) is 107 cm³/mol. The molecular formula is C21H25N5O2. The fraction of sp³-hybridized carbons (Fsp3) is 0.381. The van der Waals surface area contributed by atoms with Crippen LogP contribution in [0.15, 0.2) is 35.1 Å². The van der Waals surface area contributed by atoms with Crippen LogP contribution in [0.25, 0.3) is 11.3 Å². The lowest BCUT2D eigenvalue weighted by Gasteiger charge is -2.26. The first-order valence-corrected chi connectivity index (χ1v) is 9.52. The molecule has 1 aromatic carbocycles. The van der Waals surface area contributed by atoms with E-state index in [9.17, 15) is 4.79 Å². The number of carbonyl (C=O) groups is 1. The average Bonchev–Trinajstić information content (AvgIpc) is 3.25. The van der Waals surface area contributed by atoms with E-state index in [1.165, 1.54) is 0 Å². The maximum Gasteiger partial charge on any atom is 0.257 e. The largest absolute Gasteiger partial charge is 0.378 e. The molecule has 3 aromatic rings. The number of hydrogen-bond donors (Lipinski definition) is 1. The van der Waals surface area contributed by atoms with Crippen LogP contribution in [0.5, 0.6) is 0 Å². The van der Waals surface area contributed by atoms with Crippen LogP contribution in [0.1, 0.15) is 46.4 Å². The van der Waals surface area contributed by atoms with Gasteiger partial charge < -0.3 is 19.3 Å². The summed E-state index contributed by atoms with van der Waals surface area (Å²) in [5.41, 5.74) is 5.31. The number of amides is 1. The van der Waals surface area contributed by atoms with Crippen molar-refractivity contribution in [3.63, 3.8) is 0 Å². The Morgan fingerprint density at radius 1 is 1.25 bits per heavy atom. The van der Waals surface area contributed by atoms with Gasteiger partial charge in [-0.2, -0.15) is 0 Å². The third kappa shape index (κ3) is 3.17. The van der Waals surface area contributed by atoms with Gasteiger partial charge in [-0.05, 0) is 38.8 Å². The second-order valence-corrected chi connectivity index (χ2v) is 7.48. The molecule has 0 fully saturated rings. The number of hydrogen-bond acceptors (Lipinski definition) is 5. The van der Waals surface area contributed by atoms with Gasteiger partial charge in [0.05, 0.1) is 29.5 Å². The van der Waals surface area contributed by atoms with Crippen molar-refractivity contribution >= 4 is 11.6 Å². The first-order chi connectivity index (χ1) is 13.5. The Hall–Kier alpha value is -3.09. The summed E-state index contributed by atoms with van der Waals surface area (Å²) in [4.78, 5) is 19.6. The minimum atomic E-state index is -0.148. The highest BCUT2D eigenvalue weighted by Crippen LogP contribution is 2.34. The lowest BCUT2D eigenvalue weighted by atomic mass is 9.98. The summed E-state index contributed by atoms with van der Waals surface area (Å²) >= 11 is 0. The molecule has 3 heterocycles. The standard InChI is InChI=1S/C21H25N5O2/c1-13-18(14(2)28-24-13)21(27)23-17-6-5-11-26-12-22-19(20(17)26)15-7-9-16(10-8-15)25(3)4/h7-10,12,17H,5-6,11H2,1-4H3,(H,23,27)/t17-/m0/s1. The summed E-state index contributed by atoms with van der Waals surface area (Å²) < 4.78 is 7.30. The molecule has 7 nitrogen and oxygen atoms in total. The van der Waals surface area contributed by atoms with E-state index in [1.807, 2.05) is 20.4 Å². The zero-order valence-electron chi connectivity index (χ0n) is 16.7. The third-order valence-corrected chi connectivity index (χ3v) is 5.32. The Labute approximate surface area is 164 Å². The van der Waals surface area contributed by atoms with Crippen LogP contribution in [0.2, 0.25) is 0 Å². The number of fused-ring (bicyclic) bond motifs is 1. The summed E-state index contributed by atoms with van der Waals surface area (Å²) in [6, 6.07) is 8.24. The van der Waals surface area contributed by atoms with Crippen molar-refractivity contribution < 1.29 is 9.32 Å². The van der Waals surface area contributed by atoms with E-state index >= 15 is 0 Å². The van der Waals surface area contributed by atoms with Crippen molar-refractivity contribution in [3.05, 3.63) is 53.3 Å². The first-order valence-electron chi connectivity index (χ1n) is 9.52. The molecule has 1 amide bonds. The maximum absolute atomic E-state index is 12.9. The molecular weight excluding hydrogens is 354 g/mol. The van der Waals surface area contributed by atoms with Crippen LogP contribution in [-0.2, 0) is 6.54 Å². The Morgan fingerprint density at radius 3 is 2.64 bits per heavy atom. The van der Waals surface area contributed by atoms with E-state index < -0.39 is 0 Å². The highest BCUT2D eigenvalue weighted by atomic mass is 16.5. The highest BCUT2D eigenvalue weighted by molar-refractivity contribution is 5.96. The number of imidazole rings is 1. The number of rotatable bonds is 4. The molecule has 0 spiro atoms. The van der Waals surface area contributed by atoms with Crippen molar-refractivity contribution in [2.24, 2.45) is 0 Å². The van der Waals surface area contributed by atoms with Crippen LogP contribution >= 0.6 is 0 Å². The van der Waals surface area contributed by atoms with Gasteiger partial charge in [-0.1, -0.05) is 17.3 Å². The number of nitrogens with one attached hydrogen (secondary N) is 1. The fourth-order valence-electron chi connectivity index (χ4n) is 3.86. The summed E-state index contributed by atoms with van der Waals surface area (Å²) in [5.74, 6) is 0.392. The van der Waals surface area contributed by atoms with E-state index in [0.717, 1.165) is 42.0 Å². The summed E-state index contributed by atoms with van der Waals surface area (Å²) in [7, 11) is 4.04. The minimum Gasteiger partial charge on any atom is -0.378 e. The van der Waals surface area contributed by atoms with E-state index in [1.54, 1.807) is 13.8 Å². The van der Waals surface area contributed by atoms with Crippen LogP contribution in [0, 0.1) is 13.8 Å². The quantitative estimate of drug-likeness (QED) is 0.751. The van der Waals surface area contributed by atoms with Gasteiger partial charge in [0.1, 0.15) is 11.3 Å². The predicted octanol–water partition coefficient (Wildman–Crippen LogP) is 3.49. The molecule has 2 aromatic heterocycles. The zero-order chi connectivity index (χ0) is 19.8. The second-order valence-electron chi connectivity index (χ2n) is 7.48. The lowest BCUT2D eigenvalue weighted by Crippen LogP contribution is -2.33. The average molecular weight is 379 g/mol. The van der Waals surface area contributed by atoms with Crippen molar-refractivity contribution in [2.75, 3.05) is 19.0 Å². The second kappa shape index (κ2) is 7.14. The molecule has 0 saturated carbocycles. The van der Waals surface area contributed by atoms with Gasteiger partial charge in [0.25, 0.3) is 5.91 Å². The molecule has 146 valence electrons. The molecule has 0 unspecified atom stereocenters. The van der Waals surface area contributed by atoms with Crippen LogP contribution in [-0.4, -0.2) is 34.7 Å². The number of anilines is 1. The van der Waals surface area contributed by atoms with Crippen LogP contribution < -0.4 is 10.2 Å². The van der Waals surface area contributed by atoms with Crippen molar-refractivity contribution in [3.8, 4) is 11.3 Å². The molecule has 4 rings (SSSR count). The number of carbonyl (C=O) groups excluding carboxylic acids is 1. The molecule has 1 aliphatic heterocycles. The molecule has 0 bridgehead atoms. The van der Waals surface area contributed by atoms with Gasteiger partial charge in [0.15, 0.2) is 0 Å². The third-order valence-electron chi connectivity index (χ3n) is 5.32. The molecule has 0 aliphatic carbocycles. The van der Waals surface area contributed by atoms with E-state index in [2.05, 4.69) is 49.2 Å². The molecule has 1 atom stereocenters. The Morgan fingerprint density at radius 2 is 2.00 bits per heavy atom. The number of aromatic nitrogens is 3. The number of benzene rings is 1. The monoisotopic (exact) mass is 379 g/mol. The smallest absolute Gasteiger partial charge is 0.257 e. The normalized spacial score (nSPS) is 15.9. The molecule has 0 saturated heterocycles. The van der Waals surface area contributed by atoms with E-state index in [0.29, 0.717) is 17.0 Å². The number of nitrogens with zero attached hydrogens (tertiary/aromatic N) is 4. The van der Waals surface area contributed by atoms with Crippen molar-refractivity contribution in [1.82, 2.24) is 20.0 Å². The molecule has 1 N–H and O–H groups in total. The summed E-state index contributed by atoms with van der Waals surface area (Å²) in [6.45, 7) is 4.46. The highest BCUT2D eigenvalue weighted by Gasteiger charge is 2.29. The molecule has 0 radical (unpaired) electrons. The maximum atomic E-state index is 12.9. The van der Waals surface area contributed by atoms with Crippen LogP contribution in [0.3, 0.4) is 0 Å². The Balaban J connectivity index is 1.66. The SMILES string of the molecule is Cc1noc(C)c1C(=O)N[C@H]1CCCn2cnc(-c3ccc(N(C)C)cc3)c21. The molecule has 1 aliphatic rings. The van der Waals surface area contributed by atoms with Gasteiger partial charge in [0.2, 0.25) is 0 Å². The van der Waals surface area contributed by atoms with E-state index in [4.69, 9.17) is 4.52 Å². The van der Waals surface area contributed by atoms with Gasteiger partial charge >= 0.3 is 0 Å².